The van der Waals surface area contributed by atoms with Gasteiger partial charge in [-0.25, -0.2) is 8.42 Å². The Kier molecular flexibility index (Phi) is 8.49. The molecule has 200 valence electrons. The summed E-state index contributed by atoms with van der Waals surface area (Å²) in [4.78, 5) is 4.22. The maximum Gasteiger partial charge on any atom is 0.243 e. The number of hydrogen-bond donors (Lipinski definition) is 1. The Balaban J connectivity index is 1.78. The quantitative estimate of drug-likeness (QED) is 0.399. The van der Waals surface area contributed by atoms with Gasteiger partial charge in [0.05, 0.1) is 44.8 Å². The first-order valence-electron chi connectivity index (χ1n) is 11.3. The fourth-order valence-electron chi connectivity index (χ4n) is 3.97. The predicted octanol–water partition coefficient (Wildman–Crippen LogP) is 2.94. The van der Waals surface area contributed by atoms with Gasteiger partial charge >= 0.3 is 0 Å². The highest BCUT2D eigenvalue weighted by Crippen LogP contribution is 2.38. The summed E-state index contributed by atoms with van der Waals surface area (Å²) >= 11 is 5.94. The van der Waals surface area contributed by atoms with E-state index < -0.39 is 27.5 Å². The summed E-state index contributed by atoms with van der Waals surface area (Å²) in [6.45, 7) is 2.52. The molecule has 14 heteroatoms. The molecule has 0 unspecified atom stereocenters. The lowest BCUT2D eigenvalue weighted by atomic mass is 10.2. The zero-order valence-electron chi connectivity index (χ0n) is 20.8. The molecule has 0 bridgehead atoms. The molecule has 3 aromatic rings. The molecule has 37 heavy (non-hydrogen) atoms. The molecule has 0 saturated carbocycles. The number of sulfonamides is 1. The number of hydrogen-bond acceptors (Lipinski definition) is 10. The molecular formula is C23H28ClN5O7S. The average Bonchev–Trinajstić information content (AvgIpc) is 3.32. The van der Waals surface area contributed by atoms with Crippen LogP contribution in [-0.4, -0.2) is 74.6 Å². The first-order chi connectivity index (χ1) is 17.8. The number of nitrogens with zero attached hydrogens (tertiary/aromatic N) is 4. The summed E-state index contributed by atoms with van der Waals surface area (Å²) < 4.78 is 59.2. The highest BCUT2D eigenvalue weighted by atomic mass is 35.5. The predicted molar refractivity (Wildman–Crippen MR) is 135 cm³/mol. The first kappa shape index (κ1) is 27.1. The van der Waals surface area contributed by atoms with E-state index in [1.165, 1.54) is 39.0 Å². The number of pyridine rings is 1. The number of benzene rings is 1. The van der Waals surface area contributed by atoms with Crippen LogP contribution in [0.4, 0.5) is 5.95 Å². The summed E-state index contributed by atoms with van der Waals surface area (Å²) in [5, 5.41) is 7.76. The highest BCUT2D eigenvalue weighted by molar-refractivity contribution is 7.93. The summed E-state index contributed by atoms with van der Waals surface area (Å²) in [7, 11) is 0.309. The number of methoxy groups -OCH3 is 3. The van der Waals surface area contributed by atoms with Crippen molar-refractivity contribution in [2.45, 2.75) is 24.4 Å². The number of aromatic nitrogens is 4. The van der Waals surface area contributed by atoms with Crippen LogP contribution in [0.3, 0.4) is 0 Å². The van der Waals surface area contributed by atoms with Crippen molar-refractivity contribution >= 4 is 27.6 Å². The van der Waals surface area contributed by atoms with E-state index in [0.717, 1.165) is 0 Å². The van der Waals surface area contributed by atoms with Crippen LogP contribution in [0.25, 0.3) is 5.69 Å². The van der Waals surface area contributed by atoms with Crippen molar-refractivity contribution in [1.82, 2.24) is 19.7 Å². The molecule has 0 aliphatic carbocycles. The van der Waals surface area contributed by atoms with E-state index in [-0.39, 0.29) is 12.6 Å². The van der Waals surface area contributed by atoms with E-state index in [0.29, 0.717) is 46.9 Å². The van der Waals surface area contributed by atoms with Gasteiger partial charge in [0.2, 0.25) is 16.0 Å². The van der Waals surface area contributed by atoms with E-state index in [4.69, 9.17) is 35.3 Å². The van der Waals surface area contributed by atoms with Gasteiger partial charge in [0, 0.05) is 13.3 Å². The third-order valence-electron chi connectivity index (χ3n) is 5.86. The van der Waals surface area contributed by atoms with Crippen molar-refractivity contribution < 1.29 is 32.1 Å². The molecule has 12 nitrogen and oxygen atoms in total. The zero-order valence-corrected chi connectivity index (χ0v) is 22.3. The number of ether oxygens (including phenoxy) is 5. The Morgan fingerprint density at radius 3 is 2.41 bits per heavy atom. The molecule has 1 fully saturated rings. The van der Waals surface area contributed by atoms with Crippen molar-refractivity contribution in [2.75, 3.05) is 45.9 Å². The Labute approximate surface area is 219 Å². The van der Waals surface area contributed by atoms with Gasteiger partial charge in [-0.15, -0.1) is 10.2 Å². The van der Waals surface area contributed by atoms with Gasteiger partial charge in [0.15, 0.2) is 5.82 Å². The standard InChI is InChI=1S/C23H28ClN5O7S/c1-14(21(34-4)16-9-8-15(24)12-25-16)37(30,31)28-23-27-26-22(19-13-35-10-11-36-19)29(23)20-17(32-2)6-5-7-18(20)33-3/h5-9,12,14,19,21H,10-11,13H2,1-4H3,(H,27,28)/t14-,19-,21-/m0/s1. The van der Waals surface area contributed by atoms with Gasteiger partial charge in [0.1, 0.15) is 34.6 Å². The molecule has 3 atom stereocenters. The molecule has 1 aliphatic heterocycles. The maximum absolute atomic E-state index is 13.6. The topological polar surface area (TPSA) is 136 Å². The molecule has 1 aromatic carbocycles. The fourth-order valence-corrected chi connectivity index (χ4v) is 5.23. The van der Waals surface area contributed by atoms with Gasteiger partial charge < -0.3 is 23.7 Å². The molecule has 0 spiro atoms. The Bertz CT molecular complexity index is 1290. The molecule has 3 heterocycles. The monoisotopic (exact) mass is 553 g/mol. The van der Waals surface area contributed by atoms with Gasteiger partial charge in [-0.3, -0.25) is 14.3 Å². The van der Waals surface area contributed by atoms with Crippen molar-refractivity contribution in [3.05, 3.63) is 53.1 Å². The smallest absolute Gasteiger partial charge is 0.243 e. The van der Waals surface area contributed by atoms with E-state index in [1.54, 1.807) is 30.3 Å². The van der Waals surface area contributed by atoms with Crippen molar-refractivity contribution in [2.24, 2.45) is 0 Å². The van der Waals surface area contributed by atoms with Gasteiger partial charge in [-0.2, -0.15) is 0 Å². The Hall–Kier alpha value is -2.97. The second kappa shape index (κ2) is 11.6. The first-order valence-corrected chi connectivity index (χ1v) is 13.2. The van der Waals surface area contributed by atoms with E-state index in [9.17, 15) is 8.42 Å². The molecule has 0 amide bonds. The number of halogens is 1. The summed E-state index contributed by atoms with van der Waals surface area (Å²) in [5.74, 6) is 1.05. The van der Waals surface area contributed by atoms with Crippen molar-refractivity contribution in [1.29, 1.82) is 0 Å². The third kappa shape index (κ3) is 5.65. The van der Waals surface area contributed by atoms with Crippen LogP contribution in [0.5, 0.6) is 11.5 Å². The number of rotatable bonds is 10. The Morgan fingerprint density at radius 2 is 1.84 bits per heavy atom. The second-order valence-corrected chi connectivity index (χ2v) is 10.5. The van der Waals surface area contributed by atoms with Gasteiger partial charge in [-0.05, 0) is 31.2 Å². The fraction of sp³-hybridized carbons (Fsp3) is 0.435. The van der Waals surface area contributed by atoms with Crippen LogP contribution >= 0.6 is 11.6 Å². The minimum Gasteiger partial charge on any atom is -0.494 e. The minimum absolute atomic E-state index is 0.0854. The molecular weight excluding hydrogens is 526 g/mol. The lowest BCUT2D eigenvalue weighted by molar-refractivity contribution is -0.0941. The van der Waals surface area contributed by atoms with E-state index >= 15 is 0 Å². The largest absolute Gasteiger partial charge is 0.494 e. The molecule has 1 saturated heterocycles. The van der Waals surface area contributed by atoms with Crippen LogP contribution in [0.2, 0.25) is 5.02 Å². The molecule has 1 aliphatic rings. The maximum atomic E-state index is 13.6. The van der Waals surface area contributed by atoms with Gasteiger partial charge in [-0.1, -0.05) is 17.7 Å². The summed E-state index contributed by atoms with van der Waals surface area (Å²) in [5.41, 5.74) is 0.806. The van der Waals surface area contributed by atoms with Crippen LogP contribution in [0.15, 0.2) is 36.5 Å². The molecule has 2 aromatic heterocycles. The van der Waals surface area contributed by atoms with E-state index in [1.807, 2.05) is 0 Å². The molecule has 1 N–H and O–H groups in total. The SMILES string of the molecule is COc1cccc(OC)c1-n1c(NS(=O)(=O)[C@@H](C)[C@H](OC)c2ccc(Cl)cn2)nnc1[C@@H]1COCCO1. The Morgan fingerprint density at radius 1 is 1.11 bits per heavy atom. The molecule has 4 rings (SSSR count). The normalized spacial score (nSPS) is 17.7. The number of nitrogens with one attached hydrogen (secondary N) is 1. The van der Waals surface area contributed by atoms with Crippen LogP contribution in [0.1, 0.15) is 30.7 Å². The van der Waals surface area contributed by atoms with Crippen LogP contribution in [0, 0.1) is 0 Å². The van der Waals surface area contributed by atoms with E-state index in [2.05, 4.69) is 19.9 Å². The van der Waals surface area contributed by atoms with Gasteiger partial charge in [0.25, 0.3) is 0 Å². The number of anilines is 1. The minimum atomic E-state index is -4.09. The van der Waals surface area contributed by atoms with Crippen molar-refractivity contribution in [3.8, 4) is 17.2 Å². The summed E-state index contributed by atoms with van der Waals surface area (Å²) in [6, 6.07) is 8.41. The lowest BCUT2D eigenvalue weighted by Crippen LogP contribution is -2.33. The van der Waals surface area contributed by atoms with Crippen LogP contribution in [-0.2, 0) is 24.2 Å². The lowest BCUT2D eigenvalue weighted by Gasteiger charge is -2.25. The highest BCUT2D eigenvalue weighted by Gasteiger charge is 2.35. The third-order valence-corrected chi connectivity index (χ3v) is 7.78. The zero-order chi connectivity index (χ0) is 26.6. The average molecular weight is 554 g/mol. The summed E-state index contributed by atoms with van der Waals surface area (Å²) in [6.07, 6.45) is -0.0586. The number of para-hydroxylation sites is 1. The second-order valence-electron chi connectivity index (χ2n) is 8.07. The molecule has 0 radical (unpaired) electrons. The van der Waals surface area contributed by atoms with Crippen LogP contribution < -0.4 is 14.2 Å². The van der Waals surface area contributed by atoms with Crippen molar-refractivity contribution in [3.63, 3.8) is 0 Å².